The molecule has 0 radical (unpaired) electrons. The van der Waals surface area contributed by atoms with Crippen molar-refractivity contribution in [2.24, 2.45) is 5.41 Å². The molecule has 0 aliphatic carbocycles. The SMILES string of the molecule is CC(C)(C)CC(C)(C)NC(=O)c1cc(B2OC(C)(C)C(C)(C)O2)cc(F)c1OCCS(C)(C)C. The zero-order chi connectivity index (χ0) is 26.3. The first-order chi connectivity index (χ1) is 15.1. The average Bonchev–Trinajstić information content (AvgIpc) is 2.79. The molecule has 1 aliphatic heterocycles. The molecule has 194 valence electrons. The van der Waals surface area contributed by atoms with Crippen LogP contribution in [0.4, 0.5) is 4.39 Å². The van der Waals surface area contributed by atoms with Crippen LogP contribution in [0.15, 0.2) is 12.1 Å². The summed E-state index contributed by atoms with van der Waals surface area (Å²) >= 11 is 0. The van der Waals surface area contributed by atoms with Gasteiger partial charge in [-0.1, -0.05) is 20.8 Å². The number of hydrogen-bond donors (Lipinski definition) is 1. The van der Waals surface area contributed by atoms with Gasteiger partial charge in [0.05, 0.1) is 23.4 Å². The summed E-state index contributed by atoms with van der Waals surface area (Å²) in [4.78, 5) is 13.5. The first-order valence-electron chi connectivity index (χ1n) is 11.9. The predicted molar refractivity (Wildman–Crippen MR) is 143 cm³/mol. The van der Waals surface area contributed by atoms with Crippen molar-refractivity contribution in [2.45, 2.75) is 85.5 Å². The van der Waals surface area contributed by atoms with Crippen LogP contribution in [-0.4, -0.2) is 60.9 Å². The molecule has 0 unspecified atom stereocenters. The Bertz CT molecular complexity index is 887. The highest BCUT2D eigenvalue weighted by molar-refractivity contribution is 8.32. The summed E-state index contributed by atoms with van der Waals surface area (Å²) in [5.74, 6) is -0.172. The molecule has 1 saturated heterocycles. The molecule has 0 saturated carbocycles. The zero-order valence-corrected chi connectivity index (χ0v) is 24.1. The van der Waals surface area contributed by atoms with E-state index in [-0.39, 0.29) is 22.6 Å². The number of benzene rings is 1. The molecule has 2 rings (SSSR count). The third kappa shape index (κ3) is 7.63. The van der Waals surface area contributed by atoms with Crippen LogP contribution < -0.4 is 15.5 Å². The molecule has 1 aromatic rings. The van der Waals surface area contributed by atoms with Crippen LogP contribution in [0, 0.1) is 11.2 Å². The fraction of sp³-hybridized carbons (Fsp3) is 0.731. The molecule has 34 heavy (non-hydrogen) atoms. The van der Waals surface area contributed by atoms with Gasteiger partial charge >= 0.3 is 7.12 Å². The van der Waals surface area contributed by atoms with Gasteiger partial charge in [0.2, 0.25) is 0 Å². The molecule has 0 atom stereocenters. The van der Waals surface area contributed by atoms with Crippen LogP contribution in [0.2, 0.25) is 0 Å². The third-order valence-electron chi connectivity index (χ3n) is 6.20. The van der Waals surface area contributed by atoms with E-state index in [1.165, 1.54) is 6.07 Å². The van der Waals surface area contributed by atoms with Gasteiger partial charge in [-0.3, -0.25) is 4.79 Å². The molecule has 1 fully saturated rings. The highest BCUT2D eigenvalue weighted by atomic mass is 32.3. The van der Waals surface area contributed by atoms with Crippen molar-refractivity contribution in [2.75, 3.05) is 31.1 Å². The number of nitrogens with one attached hydrogen (secondary N) is 1. The van der Waals surface area contributed by atoms with Crippen LogP contribution in [0.5, 0.6) is 5.75 Å². The number of carbonyl (C=O) groups is 1. The first-order valence-corrected chi connectivity index (χ1v) is 15.0. The fourth-order valence-electron chi connectivity index (χ4n) is 4.18. The van der Waals surface area contributed by atoms with Crippen molar-refractivity contribution < 1.29 is 23.2 Å². The fourth-order valence-corrected chi connectivity index (χ4v) is 4.77. The lowest BCUT2D eigenvalue weighted by molar-refractivity contribution is 0.00578. The van der Waals surface area contributed by atoms with Gasteiger partial charge in [0, 0.05) is 11.3 Å². The second-order valence-corrected chi connectivity index (χ2v) is 17.8. The Balaban J connectivity index is 2.44. The summed E-state index contributed by atoms with van der Waals surface area (Å²) in [5, 5.41) is 3.09. The number of ether oxygens (including phenoxy) is 1. The van der Waals surface area contributed by atoms with Gasteiger partial charge in [0.15, 0.2) is 11.6 Å². The van der Waals surface area contributed by atoms with E-state index in [4.69, 9.17) is 14.0 Å². The summed E-state index contributed by atoms with van der Waals surface area (Å²) in [7, 11) is -1.60. The maximum absolute atomic E-state index is 15.4. The van der Waals surface area contributed by atoms with Crippen LogP contribution in [0.1, 0.15) is 79.1 Å². The normalized spacial score (nSPS) is 18.7. The minimum atomic E-state index is -0.825. The van der Waals surface area contributed by atoms with Crippen LogP contribution in [-0.2, 0) is 9.31 Å². The monoisotopic (exact) mass is 497 g/mol. The predicted octanol–water partition coefficient (Wildman–Crippen LogP) is 5.14. The maximum Gasteiger partial charge on any atom is 0.494 e. The molecule has 1 aromatic carbocycles. The second-order valence-electron chi connectivity index (χ2n) is 13.2. The van der Waals surface area contributed by atoms with Crippen molar-refractivity contribution in [3.05, 3.63) is 23.5 Å². The van der Waals surface area contributed by atoms with Crippen molar-refractivity contribution >= 4 is 28.5 Å². The summed E-state index contributed by atoms with van der Waals surface area (Å²) in [6, 6.07) is 3.01. The first kappa shape index (κ1) is 29.0. The lowest BCUT2D eigenvalue weighted by Crippen LogP contribution is -2.46. The zero-order valence-electron chi connectivity index (χ0n) is 23.3. The summed E-state index contributed by atoms with van der Waals surface area (Å²) in [6.07, 6.45) is 7.29. The Kier molecular flexibility index (Phi) is 8.24. The van der Waals surface area contributed by atoms with E-state index in [2.05, 4.69) is 44.9 Å². The van der Waals surface area contributed by atoms with E-state index >= 15 is 4.39 Å². The molecular weight excluding hydrogens is 452 g/mol. The lowest BCUT2D eigenvalue weighted by Gasteiger charge is -2.33. The Labute approximate surface area is 208 Å². The van der Waals surface area contributed by atoms with E-state index in [1.54, 1.807) is 6.07 Å². The van der Waals surface area contributed by atoms with Gasteiger partial charge in [-0.25, -0.2) is 14.4 Å². The van der Waals surface area contributed by atoms with E-state index in [0.29, 0.717) is 12.1 Å². The number of hydrogen-bond acceptors (Lipinski definition) is 4. The van der Waals surface area contributed by atoms with Gasteiger partial charge in [0.1, 0.15) is 0 Å². The Morgan fingerprint density at radius 1 is 1.06 bits per heavy atom. The van der Waals surface area contributed by atoms with Crippen molar-refractivity contribution in [3.63, 3.8) is 0 Å². The lowest BCUT2D eigenvalue weighted by atomic mass is 9.78. The molecule has 0 spiro atoms. The van der Waals surface area contributed by atoms with E-state index in [9.17, 15) is 4.79 Å². The highest BCUT2D eigenvalue weighted by Gasteiger charge is 2.52. The van der Waals surface area contributed by atoms with E-state index < -0.39 is 39.7 Å². The van der Waals surface area contributed by atoms with Gasteiger partial charge in [-0.2, -0.15) is 0 Å². The minimum absolute atomic E-state index is 0.0153. The van der Waals surface area contributed by atoms with Crippen molar-refractivity contribution in [3.8, 4) is 5.75 Å². The van der Waals surface area contributed by atoms with Crippen LogP contribution in [0.25, 0.3) is 0 Å². The molecule has 1 amide bonds. The quantitative estimate of drug-likeness (QED) is 0.506. The molecular formula is C26H45BFNO4S. The standard InChI is InChI=1S/C26H45BFNO4S/c1-23(2,3)17-24(4,5)29-22(30)19-15-18(27-32-25(6,7)26(8,9)33-27)16-20(28)21(19)31-13-14-34(10,11)12/h15-16H,13-14,17H2,1-12H3,(H,29,30). The van der Waals surface area contributed by atoms with Crippen LogP contribution >= 0.6 is 10.0 Å². The molecule has 1 N–H and O–H groups in total. The van der Waals surface area contributed by atoms with Gasteiger partial charge in [-0.15, -0.1) is 0 Å². The second kappa shape index (κ2) is 9.66. The minimum Gasteiger partial charge on any atom is -0.489 e. The van der Waals surface area contributed by atoms with Gasteiger partial charge < -0.3 is 19.4 Å². The molecule has 5 nitrogen and oxygen atoms in total. The molecule has 1 heterocycles. The van der Waals surface area contributed by atoms with Crippen molar-refractivity contribution in [1.82, 2.24) is 5.32 Å². The van der Waals surface area contributed by atoms with E-state index in [0.717, 1.165) is 12.2 Å². The Hall–Kier alpha value is -1.25. The van der Waals surface area contributed by atoms with E-state index in [1.807, 2.05) is 41.5 Å². The number of amides is 1. The molecule has 0 bridgehead atoms. The number of rotatable bonds is 8. The molecule has 0 aromatic heterocycles. The van der Waals surface area contributed by atoms with Gasteiger partial charge in [0.25, 0.3) is 5.91 Å². The van der Waals surface area contributed by atoms with Crippen LogP contribution in [0.3, 0.4) is 0 Å². The largest absolute Gasteiger partial charge is 0.494 e. The summed E-state index contributed by atoms with van der Waals surface area (Å²) in [5.41, 5.74) is -0.994. The summed E-state index contributed by atoms with van der Waals surface area (Å²) < 4.78 is 33.5. The smallest absolute Gasteiger partial charge is 0.489 e. The molecule has 1 aliphatic rings. The third-order valence-corrected chi connectivity index (χ3v) is 7.59. The Morgan fingerprint density at radius 3 is 2.06 bits per heavy atom. The number of carbonyl (C=O) groups excluding carboxylic acids is 1. The topological polar surface area (TPSA) is 56.8 Å². The van der Waals surface area contributed by atoms with Gasteiger partial charge in [-0.05, 0) is 89.7 Å². The number of halogens is 1. The maximum atomic E-state index is 15.4. The Morgan fingerprint density at radius 2 is 1.59 bits per heavy atom. The average molecular weight is 498 g/mol. The summed E-state index contributed by atoms with van der Waals surface area (Å²) in [6.45, 7) is 18.5. The molecule has 8 heteroatoms. The highest BCUT2D eigenvalue weighted by Crippen LogP contribution is 2.38. The van der Waals surface area contributed by atoms with Crippen molar-refractivity contribution in [1.29, 1.82) is 0 Å².